The van der Waals surface area contributed by atoms with Crippen molar-refractivity contribution in [2.24, 2.45) is 0 Å². The van der Waals surface area contributed by atoms with Crippen molar-refractivity contribution in [3.05, 3.63) is 66.5 Å². The number of hydrogen-bond acceptors (Lipinski definition) is 3. The molecule has 1 N–H and O–H groups in total. The Labute approximate surface area is 141 Å². The number of nitriles is 1. The number of hydrogen-bond donors (Lipinski definition) is 1. The van der Waals surface area contributed by atoms with Crippen LogP contribution in [-0.4, -0.2) is 21.3 Å². The van der Waals surface area contributed by atoms with Crippen LogP contribution in [0.5, 0.6) is 0 Å². The van der Waals surface area contributed by atoms with Gasteiger partial charge in [0.05, 0.1) is 41.5 Å². The first-order valence-corrected chi connectivity index (χ1v) is 7.81. The molecular formula is C20H19N3O. The van der Waals surface area contributed by atoms with E-state index in [2.05, 4.69) is 11.1 Å². The Hall–Kier alpha value is -2.90. The molecule has 0 radical (unpaired) electrons. The van der Waals surface area contributed by atoms with Gasteiger partial charge in [0.2, 0.25) is 0 Å². The van der Waals surface area contributed by atoms with Crippen molar-refractivity contribution in [2.75, 3.05) is 6.61 Å². The number of imidazole rings is 1. The van der Waals surface area contributed by atoms with Gasteiger partial charge in [0.1, 0.15) is 0 Å². The number of aliphatic hydroxyl groups excluding tert-OH is 1. The maximum Gasteiger partial charge on any atom is 0.0991 e. The van der Waals surface area contributed by atoms with Crippen LogP contribution in [0.2, 0.25) is 0 Å². The molecule has 3 rings (SSSR count). The van der Waals surface area contributed by atoms with E-state index < -0.39 is 5.54 Å². The van der Waals surface area contributed by atoms with E-state index in [-0.39, 0.29) is 6.61 Å². The normalized spacial score (nSPS) is 11.2. The summed E-state index contributed by atoms with van der Waals surface area (Å²) in [7, 11) is 0. The van der Waals surface area contributed by atoms with Crippen molar-refractivity contribution < 1.29 is 5.11 Å². The van der Waals surface area contributed by atoms with E-state index in [1.54, 1.807) is 18.5 Å². The van der Waals surface area contributed by atoms with Gasteiger partial charge in [-0.2, -0.15) is 5.26 Å². The minimum Gasteiger partial charge on any atom is -0.394 e. The summed E-state index contributed by atoms with van der Waals surface area (Å²) in [6.07, 6.45) is 1.77. The summed E-state index contributed by atoms with van der Waals surface area (Å²) >= 11 is 0. The van der Waals surface area contributed by atoms with Gasteiger partial charge in [-0.1, -0.05) is 42.5 Å². The zero-order chi connectivity index (χ0) is 17.2. The van der Waals surface area contributed by atoms with Crippen LogP contribution in [0, 0.1) is 11.3 Å². The first kappa shape index (κ1) is 16.0. The molecule has 1 heterocycles. The van der Waals surface area contributed by atoms with Gasteiger partial charge >= 0.3 is 0 Å². The fourth-order valence-electron chi connectivity index (χ4n) is 2.67. The second-order valence-corrected chi connectivity index (χ2v) is 6.34. The zero-order valence-corrected chi connectivity index (χ0v) is 13.8. The van der Waals surface area contributed by atoms with Crippen molar-refractivity contribution >= 4 is 0 Å². The third-order valence-corrected chi connectivity index (χ3v) is 4.14. The average Bonchev–Trinajstić information content (AvgIpc) is 3.08. The van der Waals surface area contributed by atoms with Gasteiger partial charge in [-0.3, -0.25) is 0 Å². The molecule has 3 aromatic rings. The molecule has 0 aliphatic heterocycles. The molecule has 24 heavy (non-hydrogen) atoms. The highest BCUT2D eigenvalue weighted by molar-refractivity contribution is 5.79. The Morgan fingerprint density at radius 2 is 1.71 bits per heavy atom. The summed E-state index contributed by atoms with van der Waals surface area (Å²) in [4.78, 5) is 4.61. The van der Waals surface area contributed by atoms with Gasteiger partial charge in [0.25, 0.3) is 0 Å². The monoisotopic (exact) mass is 317 g/mol. The van der Waals surface area contributed by atoms with Crippen molar-refractivity contribution in [2.45, 2.75) is 19.4 Å². The number of rotatable bonds is 4. The molecule has 4 nitrogen and oxygen atoms in total. The van der Waals surface area contributed by atoms with E-state index in [0.29, 0.717) is 5.56 Å². The van der Waals surface area contributed by atoms with Gasteiger partial charge in [0, 0.05) is 11.1 Å². The third-order valence-electron chi connectivity index (χ3n) is 4.14. The largest absolute Gasteiger partial charge is 0.394 e. The number of benzene rings is 2. The van der Waals surface area contributed by atoms with Gasteiger partial charge in [-0.05, 0) is 26.0 Å². The second-order valence-electron chi connectivity index (χ2n) is 6.34. The highest BCUT2D eigenvalue weighted by Gasteiger charge is 2.25. The third kappa shape index (κ3) is 2.82. The summed E-state index contributed by atoms with van der Waals surface area (Å²) in [5.41, 5.74) is 3.92. The maximum atomic E-state index is 9.79. The van der Waals surface area contributed by atoms with Crippen LogP contribution in [0.4, 0.5) is 0 Å². The van der Waals surface area contributed by atoms with Crippen LogP contribution in [0.3, 0.4) is 0 Å². The van der Waals surface area contributed by atoms with Crippen molar-refractivity contribution in [3.63, 3.8) is 0 Å². The fraction of sp³-hybridized carbons (Fsp3) is 0.200. The Morgan fingerprint density at radius 3 is 2.29 bits per heavy atom. The van der Waals surface area contributed by atoms with Gasteiger partial charge in [-0.15, -0.1) is 0 Å². The first-order valence-electron chi connectivity index (χ1n) is 7.81. The van der Waals surface area contributed by atoms with Crippen LogP contribution in [-0.2, 0) is 5.54 Å². The summed E-state index contributed by atoms with van der Waals surface area (Å²) in [6, 6.07) is 19.6. The number of nitrogens with zero attached hydrogens (tertiary/aromatic N) is 3. The second kappa shape index (κ2) is 6.31. The molecule has 0 spiro atoms. The summed E-state index contributed by atoms with van der Waals surface area (Å²) in [6.45, 7) is 3.94. The maximum absolute atomic E-state index is 9.79. The minimum atomic E-state index is -0.483. The Kier molecular flexibility index (Phi) is 4.20. The number of aromatic nitrogens is 2. The topological polar surface area (TPSA) is 61.8 Å². The molecule has 0 amide bonds. The quantitative estimate of drug-likeness (QED) is 0.796. The van der Waals surface area contributed by atoms with E-state index in [1.165, 1.54) is 0 Å². The summed E-state index contributed by atoms with van der Waals surface area (Å²) in [5.74, 6) is 0. The molecule has 2 aromatic carbocycles. The molecule has 0 aliphatic carbocycles. The smallest absolute Gasteiger partial charge is 0.0991 e. The lowest BCUT2D eigenvalue weighted by Gasteiger charge is -2.26. The predicted molar refractivity (Wildman–Crippen MR) is 94.2 cm³/mol. The average molecular weight is 317 g/mol. The first-order chi connectivity index (χ1) is 11.6. The molecule has 0 saturated heterocycles. The molecule has 1 aromatic heterocycles. The van der Waals surface area contributed by atoms with Crippen LogP contribution >= 0.6 is 0 Å². The van der Waals surface area contributed by atoms with Crippen molar-refractivity contribution in [1.82, 2.24) is 9.55 Å². The lowest BCUT2D eigenvalue weighted by Crippen LogP contribution is -2.30. The minimum absolute atomic E-state index is 0.000862. The molecule has 0 saturated carbocycles. The van der Waals surface area contributed by atoms with Crippen LogP contribution in [0.15, 0.2) is 60.9 Å². The van der Waals surface area contributed by atoms with Gasteiger partial charge in [-0.25, -0.2) is 4.98 Å². The van der Waals surface area contributed by atoms with Crippen molar-refractivity contribution in [1.29, 1.82) is 5.26 Å². The molecule has 0 unspecified atom stereocenters. The lowest BCUT2D eigenvalue weighted by molar-refractivity contribution is 0.165. The SMILES string of the molecule is CC(C)(CO)n1cnc(-c2ccccc2)c1-c1ccc(C#N)cc1. The van der Waals surface area contributed by atoms with Crippen LogP contribution in [0.1, 0.15) is 19.4 Å². The highest BCUT2D eigenvalue weighted by Crippen LogP contribution is 2.34. The van der Waals surface area contributed by atoms with Gasteiger partial charge in [0.15, 0.2) is 0 Å². The van der Waals surface area contributed by atoms with E-state index in [1.807, 2.05) is 60.9 Å². The molecule has 0 fully saturated rings. The van der Waals surface area contributed by atoms with E-state index in [4.69, 9.17) is 5.26 Å². The van der Waals surface area contributed by atoms with Gasteiger partial charge < -0.3 is 9.67 Å². The summed E-state index contributed by atoms with van der Waals surface area (Å²) < 4.78 is 2.00. The van der Waals surface area contributed by atoms with E-state index in [0.717, 1.165) is 22.5 Å². The fourth-order valence-corrected chi connectivity index (χ4v) is 2.67. The highest BCUT2D eigenvalue weighted by atomic mass is 16.3. The number of aliphatic hydroxyl groups is 1. The standard InChI is InChI=1S/C20H19N3O/c1-20(2,13-24)23-14-22-18(16-6-4-3-5-7-16)19(23)17-10-8-15(12-21)9-11-17/h3-11,14,24H,13H2,1-2H3. The molecule has 0 aliphatic rings. The summed E-state index contributed by atoms with van der Waals surface area (Å²) in [5, 5.41) is 18.8. The molecule has 120 valence electrons. The Balaban J connectivity index is 2.23. The van der Waals surface area contributed by atoms with Crippen LogP contribution < -0.4 is 0 Å². The molecule has 4 heteroatoms. The van der Waals surface area contributed by atoms with Crippen molar-refractivity contribution in [3.8, 4) is 28.6 Å². The Morgan fingerprint density at radius 1 is 1.04 bits per heavy atom. The Bertz CT molecular complexity index is 871. The van der Waals surface area contributed by atoms with E-state index in [9.17, 15) is 5.11 Å². The molecular weight excluding hydrogens is 298 g/mol. The predicted octanol–water partition coefficient (Wildman–Crippen LogP) is 3.82. The zero-order valence-electron chi connectivity index (χ0n) is 13.8. The lowest BCUT2D eigenvalue weighted by atomic mass is 10.0. The molecule has 0 atom stereocenters. The van der Waals surface area contributed by atoms with E-state index >= 15 is 0 Å². The van der Waals surface area contributed by atoms with Crippen LogP contribution in [0.25, 0.3) is 22.5 Å². The molecule has 0 bridgehead atoms.